The average Bonchev–Trinajstić information content (AvgIpc) is 2.52. The Morgan fingerprint density at radius 3 is 2.10 bits per heavy atom. The van der Waals surface area contributed by atoms with Crippen molar-refractivity contribution in [2.75, 3.05) is 6.54 Å². The lowest BCUT2D eigenvalue weighted by atomic mass is 10.0. The lowest BCUT2D eigenvalue weighted by Crippen LogP contribution is -2.24. The Kier molecular flexibility index (Phi) is 5.38. The normalized spacial score (nSPS) is 10.3. The lowest BCUT2D eigenvalue weighted by molar-refractivity contribution is 0.0953. The maximum absolute atomic E-state index is 12.0. The van der Waals surface area contributed by atoms with Crippen LogP contribution in [0, 0.1) is 0 Å². The number of nitrogens with one attached hydrogen (secondary N) is 1. The maximum Gasteiger partial charge on any atom is 0.251 e. The lowest BCUT2D eigenvalue weighted by Gasteiger charge is -2.06. The molecule has 2 aromatic carbocycles. The fraction of sp³-hybridized carbons (Fsp3) is 0.278. The first-order valence-electron chi connectivity index (χ1n) is 7.38. The summed E-state index contributed by atoms with van der Waals surface area (Å²) < 4.78 is 0. The number of amides is 1. The molecule has 110 valence electrons. The van der Waals surface area contributed by atoms with E-state index in [4.69, 9.17) is 0 Å². The van der Waals surface area contributed by atoms with Gasteiger partial charge in [-0.1, -0.05) is 44.0 Å². The minimum Gasteiger partial charge on any atom is -0.508 e. The van der Waals surface area contributed by atoms with Gasteiger partial charge in [-0.2, -0.15) is 0 Å². The van der Waals surface area contributed by atoms with Gasteiger partial charge in [0, 0.05) is 12.1 Å². The summed E-state index contributed by atoms with van der Waals surface area (Å²) in [7, 11) is 0. The standard InChI is InChI=1S/C18H21NO2/c1-2-3-4-13-19-18(21)16-7-5-14(6-8-16)15-9-11-17(20)12-10-15/h5-12,20H,2-4,13H2,1H3,(H,19,21). The SMILES string of the molecule is CCCCCNC(=O)c1ccc(-c2ccc(O)cc2)cc1. The number of aromatic hydroxyl groups is 1. The predicted octanol–water partition coefficient (Wildman–Crippen LogP) is 3.98. The molecule has 0 saturated heterocycles. The van der Waals surface area contributed by atoms with Crippen LogP contribution in [0.3, 0.4) is 0 Å². The van der Waals surface area contributed by atoms with Gasteiger partial charge in [0.1, 0.15) is 5.75 Å². The van der Waals surface area contributed by atoms with E-state index in [0.717, 1.165) is 36.9 Å². The Bertz CT molecular complexity index is 573. The summed E-state index contributed by atoms with van der Waals surface area (Å²) in [5, 5.41) is 12.2. The van der Waals surface area contributed by atoms with E-state index in [2.05, 4.69) is 12.2 Å². The second-order valence-corrected chi connectivity index (χ2v) is 5.09. The highest BCUT2D eigenvalue weighted by Gasteiger charge is 2.05. The van der Waals surface area contributed by atoms with E-state index >= 15 is 0 Å². The molecule has 2 rings (SSSR count). The van der Waals surface area contributed by atoms with E-state index in [1.165, 1.54) is 0 Å². The molecule has 0 aliphatic heterocycles. The zero-order chi connectivity index (χ0) is 15.1. The quantitative estimate of drug-likeness (QED) is 0.788. The molecule has 0 bridgehead atoms. The van der Waals surface area contributed by atoms with E-state index < -0.39 is 0 Å². The molecule has 3 nitrogen and oxygen atoms in total. The third-order valence-corrected chi connectivity index (χ3v) is 3.41. The van der Waals surface area contributed by atoms with E-state index in [9.17, 15) is 9.90 Å². The highest BCUT2D eigenvalue weighted by molar-refractivity contribution is 5.94. The first kappa shape index (κ1) is 15.1. The van der Waals surface area contributed by atoms with E-state index in [0.29, 0.717) is 5.56 Å². The zero-order valence-electron chi connectivity index (χ0n) is 12.3. The summed E-state index contributed by atoms with van der Waals surface area (Å²) in [5.41, 5.74) is 2.72. The fourth-order valence-corrected chi connectivity index (χ4v) is 2.15. The van der Waals surface area contributed by atoms with E-state index in [-0.39, 0.29) is 11.7 Å². The van der Waals surface area contributed by atoms with Crippen LogP contribution in [-0.2, 0) is 0 Å². The maximum atomic E-state index is 12.0. The molecule has 21 heavy (non-hydrogen) atoms. The Morgan fingerprint density at radius 1 is 0.952 bits per heavy atom. The van der Waals surface area contributed by atoms with Crippen LogP contribution in [0.25, 0.3) is 11.1 Å². The van der Waals surface area contributed by atoms with Gasteiger partial charge >= 0.3 is 0 Å². The van der Waals surface area contributed by atoms with Crippen LogP contribution >= 0.6 is 0 Å². The number of phenolic OH excluding ortho intramolecular Hbond substituents is 1. The number of unbranched alkanes of at least 4 members (excludes halogenated alkanes) is 2. The number of phenols is 1. The summed E-state index contributed by atoms with van der Waals surface area (Å²) in [6.07, 6.45) is 3.31. The number of benzene rings is 2. The van der Waals surface area contributed by atoms with Gasteiger partial charge in [-0.3, -0.25) is 4.79 Å². The van der Waals surface area contributed by atoms with Gasteiger partial charge in [-0.15, -0.1) is 0 Å². The van der Waals surface area contributed by atoms with Crippen LogP contribution in [0.2, 0.25) is 0 Å². The molecule has 2 N–H and O–H groups in total. The molecule has 0 heterocycles. The molecule has 1 amide bonds. The highest BCUT2D eigenvalue weighted by atomic mass is 16.3. The topological polar surface area (TPSA) is 49.3 Å². The van der Waals surface area contributed by atoms with Crippen molar-refractivity contribution in [1.82, 2.24) is 5.32 Å². The summed E-state index contributed by atoms with van der Waals surface area (Å²) in [6.45, 7) is 2.87. The summed E-state index contributed by atoms with van der Waals surface area (Å²) in [4.78, 5) is 12.0. The molecule has 0 spiro atoms. The molecule has 0 aliphatic carbocycles. The van der Waals surface area contributed by atoms with Crippen LogP contribution in [0.5, 0.6) is 5.75 Å². The molecule has 0 radical (unpaired) electrons. The Morgan fingerprint density at radius 2 is 1.52 bits per heavy atom. The number of hydrogen-bond donors (Lipinski definition) is 2. The number of carbonyl (C=O) groups excluding carboxylic acids is 1. The van der Waals surface area contributed by atoms with Crippen molar-refractivity contribution < 1.29 is 9.90 Å². The predicted molar refractivity (Wildman–Crippen MR) is 85.4 cm³/mol. The van der Waals surface area contributed by atoms with Gasteiger partial charge in [0.15, 0.2) is 0 Å². The van der Waals surface area contributed by atoms with Crippen LogP contribution in [0.1, 0.15) is 36.5 Å². The van der Waals surface area contributed by atoms with E-state index in [1.807, 2.05) is 36.4 Å². The van der Waals surface area contributed by atoms with Crippen LogP contribution < -0.4 is 5.32 Å². The van der Waals surface area contributed by atoms with Crippen molar-refractivity contribution in [3.8, 4) is 16.9 Å². The second-order valence-electron chi connectivity index (χ2n) is 5.09. The third-order valence-electron chi connectivity index (χ3n) is 3.41. The van der Waals surface area contributed by atoms with E-state index in [1.54, 1.807) is 12.1 Å². The molecule has 0 atom stereocenters. The van der Waals surface area contributed by atoms with Crippen LogP contribution in [-0.4, -0.2) is 17.6 Å². The zero-order valence-corrected chi connectivity index (χ0v) is 12.3. The summed E-state index contributed by atoms with van der Waals surface area (Å²) in [5.74, 6) is 0.227. The smallest absolute Gasteiger partial charge is 0.251 e. The van der Waals surface area contributed by atoms with Crippen molar-refractivity contribution in [3.63, 3.8) is 0 Å². The minimum atomic E-state index is -0.0247. The molecule has 0 aromatic heterocycles. The molecule has 0 saturated carbocycles. The number of rotatable bonds is 6. The number of carbonyl (C=O) groups is 1. The molecule has 0 aliphatic rings. The molecule has 0 fully saturated rings. The average molecular weight is 283 g/mol. The summed E-state index contributed by atoms with van der Waals surface area (Å²) >= 11 is 0. The van der Waals surface area contributed by atoms with Gasteiger partial charge < -0.3 is 10.4 Å². The Balaban J connectivity index is 1.98. The Hall–Kier alpha value is -2.29. The molecule has 2 aromatic rings. The second kappa shape index (κ2) is 7.48. The van der Waals surface area contributed by atoms with Crippen molar-refractivity contribution in [2.45, 2.75) is 26.2 Å². The third kappa shape index (κ3) is 4.35. The largest absolute Gasteiger partial charge is 0.508 e. The van der Waals surface area contributed by atoms with Gasteiger partial charge in [0.2, 0.25) is 0 Å². The van der Waals surface area contributed by atoms with Crippen molar-refractivity contribution in [1.29, 1.82) is 0 Å². The minimum absolute atomic E-state index is 0.0247. The first-order valence-corrected chi connectivity index (χ1v) is 7.38. The molecular weight excluding hydrogens is 262 g/mol. The van der Waals surface area contributed by atoms with Crippen molar-refractivity contribution in [2.24, 2.45) is 0 Å². The molecule has 0 unspecified atom stereocenters. The number of hydrogen-bond acceptors (Lipinski definition) is 2. The van der Waals surface area contributed by atoms with Crippen molar-refractivity contribution in [3.05, 3.63) is 54.1 Å². The molecule has 3 heteroatoms. The van der Waals surface area contributed by atoms with Crippen molar-refractivity contribution >= 4 is 5.91 Å². The highest BCUT2D eigenvalue weighted by Crippen LogP contribution is 2.22. The fourth-order valence-electron chi connectivity index (χ4n) is 2.15. The van der Waals surface area contributed by atoms with Gasteiger partial charge in [-0.25, -0.2) is 0 Å². The summed E-state index contributed by atoms with van der Waals surface area (Å²) in [6, 6.07) is 14.5. The van der Waals surface area contributed by atoms with Crippen LogP contribution in [0.4, 0.5) is 0 Å². The van der Waals surface area contributed by atoms with Gasteiger partial charge in [-0.05, 0) is 41.8 Å². The Labute approximate surface area is 125 Å². The molecular formula is C18H21NO2. The first-order chi connectivity index (χ1) is 10.2. The van der Waals surface area contributed by atoms with Crippen LogP contribution in [0.15, 0.2) is 48.5 Å². The monoisotopic (exact) mass is 283 g/mol. The van der Waals surface area contributed by atoms with Gasteiger partial charge in [0.25, 0.3) is 5.91 Å². The van der Waals surface area contributed by atoms with Gasteiger partial charge in [0.05, 0.1) is 0 Å².